The minimum atomic E-state index is 0.312. The fourth-order valence-corrected chi connectivity index (χ4v) is 4.89. The lowest BCUT2D eigenvalue weighted by molar-refractivity contribution is -0.134. The summed E-state index contributed by atoms with van der Waals surface area (Å²) >= 11 is 0. The fraction of sp³-hybridized carbons (Fsp3) is 0.682. The Balaban J connectivity index is 1.24. The van der Waals surface area contributed by atoms with Crippen LogP contribution in [0.2, 0.25) is 0 Å². The molecule has 148 valence electrons. The van der Waals surface area contributed by atoms with E-state index >= 15 is 0 Å². The van der Waals surface area contributed by atoms with Gasteiger partial charge in [0, 0.05) is 45.3 Å². The van der Waals surface area contributed by atoms with Gasteiger partial charge < -0.3 is 9.64 Å². The van der Waals surface area contributed by atoms with Crippen LogP contribution in [0.1, 0.15) is 30.9 Å². The van der Waals surface area contributed by atoms with Gasteiger partial charge in [-0.1, -0.05) is 24.3 Å². The lowest BCUT2D eigenvalue weighted by Crippen LogP contribution is -2.50. The first-order valence-electron chi connectivity index (χ1n) is 10.6. The maximum atomic E-state index is 12.8. The average Bonchev–Trinajstić information content (AvgIpc) is 2.74. The number of ether oxygens (including phenoxy) is 1. The Morgan fingerprint density at radius 1 is 1.07 bits per heavy atom. The Hall–Kier alpha value is -1.43. The molecule has 3 aliphatic rings. The first kappa shape index (κ1) is 18.9. The molecule has 0 saturated carbocycles. The van der Waals surface area contributed by atoms with Crippen LogP contribution >= 0.6 is 0 Å². The highest BCUT2D eigenvalue weighted by molar-refractivity contribution is 5.78. The zero-order valence-electron chi connectivity index (χ0n) is 16.6. The molecule has 4 rings (SSSR count). The van der Waals surface area contributed by atoms with Crippen molar-refractivity contribution in [2.45, 2.75) is 38.8 Å². The van der Waals surface area contributed by atoms with Crippen LogP contribution in [0.3, 0.4) is 0 Å². The number of rotatable bonds is 4. The summed E-state index contributed by atoms with van der Waals surface area (Å²) < 4.78 is 5.48. The SMILES string of the molecule is C[C@H](C1CCN(C(=O)CN2CCc3ccccc3C2)CC1)N1CCOCC1. The average molecular weight is 372 g/mol. The third-order valence-electron chi connectivity index (χ3n) is 6.76. The quantitative estimate of drug-likeness (QED) is 0.811. The number of likely N-dealkylation sites (tertiary alicyclic amines) is 1. The number of carbonyl (C=O) groups excluding carboxylic acids is 1. The first-order chi connectivity index (χ1) is 13.2. The summed E-state index contributed by atoms with van der Waals surface area (Å²) in [5, 5.41) is 0. The van der Waals surface area contributed by atoms with Gasteiger partial charge in [0.15, 0.2) is 0 Å². The summed E-state index contributed by atoms with van der Waals surface area (Å²) in [6.45, 7) is 10.5. The summed E-state index contributed by atoms with van der Waals surface area (Å²) in [6, 6.07) is 9.23. The van der Waals surface area contributed by atoms with Gasteiger partial charge in [0.25, 0.3) is 0 Å². The van der Waals surface area contributed by atoms with E-state index in [-0.39, 0.29) is 0 Å². The molecule has 0 aromatic heterocycles. The van der Waals surface area contributed by atoms with Crippen LogP contribution in [-0.4, -0.2) is 79.1 Å². The molecule has 0 N–H and O–H groups in total. The van der Waals surface area contributed by atoms with Crippen molar-refractivity contribution in [1.82, 2.24) is 14.7 Å². The number of fused-ring (bicyclic) bond motifs is 1. The summed E-state index contributed by atoms with van der Waals surface area (Å²) in [5.74, 6) is 1.01. The standard InChI is InChI=1S/C22H33N3O2/c1-18(24-12-14-27-15-13-24)19-7-10-25(11-8-19)22(26)17-23-9-6-20-4-2-3-5-21(20)16-23/h2-5,18-19H,6-17H2,1H3/t18-/m1/s1. The molecule has 1 atom stereocenters. The van der Waals surface area contributed by atoms with Crippen LogP contribution < -0.4 is 0 Å². The van der Waals surface area contributed by atoms with Crippen molar-refractivity contribution >= 4 is 5.91 Å². The Morgan fingerprint density at radius 2 is 1.78 bits per heavy atom. The molecule has 0 radical (unpaired) electrons. The molecule has 2 saturated heterocycles. The van der Waals surface area contributed by atoms with Crippen LogP contribution in [0, 0.1) is 5.92 Å². The van der Waals surface area contributed by atoms with E-state index in [2.05, 4.69) is 45.9 Å². The van der Waals surface area contributed by atoms with Gasteiger partial charge in [-0.2, -0.15) is 0 Å². The molecule has 0 bridgehead atoms. The minimum absolute atomic E-state index is 0.312. The van der Waals surface area contributed by atoms with Crippen LogP contribution in [0.25, 0.3) is 0 Å². The maximum Gasteiger partial charge on any atom is 0.236 e. The summed E-state index contributed by atoms with van der Waals surface area (Å²) in [7, 11) is 0. The Labute approximate surface area is 163 Å². The number of hydrogen-bond donors (Lipinski definition) is 0. The van der Waals surface area contributed by atoms with Gasteiger partial charge in [-0.25, -0.2) is 0 Å². The van der Waals surface area contributed by atoms with Crippen molar-refractivity contribution in [3.63, 3.8) is 0 Å². The van der Waals surface area contributed by atoms with Crippen LogP contribution in [0.4, 0.5) is 0 Å². The molecule has 0 aliphatic carbocycles. The lowest BCUT2D eigenvalue weighted by atomic mass is 9.89. The maximum absolute atomic E-state index is 12.8. The summed E-state index contributed by atoms with van der Waals surface area (Å²) in [6.07, 6.45) is 3.32. The third-order valence-corrected chi connectivity index (χ3v) is 6.76. The van der Waals surface area contributed by atoms with Gasteiger partial charge in [0.2, 0.25) is 5.91 Å². The predicted molar refractivity (Wildman–Crippen MR) is 107 cm³/mol. The highest BCUT2D eigenvalue weighted by Crippen LogP contribution is 2.25. The van der Waals surface area contributed by atoms with Crippen molar-refractivity contribution in [2.24, 2.45) is 5.92 Å². The molecule has 0 unspecified atom stereocenters. The van der Waals surface area contributed by atoms with Gasteiger partial charge >= 0.3 is 0 Å². The van der Waals surface area contributed by atoms with Crippen molar-refractivity contribution < 1.29 is 9.53 Å². The number of nitrogens with zero attached hydrogens (tertiary/aromatic N) is 3. The zero-order valence-corrected chi connectivity index (χ0v) is 16.6. The monoisotopic (exact) mass is 371 g/mol. The lowest BCUT2D eigenvalue weighted by Gasteiger charge is -2.41. The highest BCUT2D eigenvalue weighted by atomic mass is 16.5. The van der Waals surface area contributed by atoms with Gasteiger partial charge in [-0.15, -0.1) is 0 Å². The number of amides is 1. The minimum Gasteiger partial charge on any atom is -0.379 e. The normalized spacial score (nSPS) is 23.8. The molecule has 27 heavy (non-hydrogen) atoms. The Bertz CT molecular complexity index is 636. The molecule has 2 fully saturated rings. The molecular formula is C22H33N3O2. The molecule has 0 spiro atoms. The van der Waals surface area contributed by atoms with Gasteiger partial charge in [-0.3, -0.25) is 14.6 Å². The number of benzene rings is 1. The van der Waals surface area contributed by atoms with E-state index in [0.717, 1.165) is 71.7 Å². The van der Waals surface area contributed by atoms with Crippen molar-refractivity contribution in [3.8, 4) is 0 Å². The molecular weight excluding hydrogens is 338 g/mol. The zero-order chi connectivity index (χ0) is 18.6. The van der Waals surface area contributed by atoms with E-state index in [1.54, 1.807) is 0 Å². The van der Waals surface area contributed by atoms with Crippen LogP contribution in [0.5, 0.6) is 0 Å². The fourth-order valence-electron chi connectivity index (χ4n) is 4.89. The van der Waals surface area contributed by atoms with Crippen LogP contribution in [0.15, 0.2) is 24.3 Å². The Kier molecular flexibility index (Phi) is 6.11. The van der Waals surface area contributed by atoms with Crippen molar-refractivity contribution in [2.75, 3.05) is 52.5 Å². The topological polar surface area (TPSA) is 36.0 Å². The van der Waals surface area contributed by atoms with Gasteiger partial charge in [0.05, 0.1) is 19.8 Å². The highest BCUT2D eigenvalue weighted by Gasteiger charge is 2.30. The van der Waals surface area contributed by atoms with Crippen molar-refractivity contribution in [1.29, 1.82) is 0 Å². The van der Waals surface area contributed by atoms with E-state index in [1.165, 1.54) is 11.1 Å². The number of piperidine rings is 1. The Morgan fingerprint density at radius 3 is 2.52 bits per heavy atom. The predicted octanol–water partition coefficient (Wildman–Crippen LogP) is 2.00. The molecule has 5 nitrogen and oxygen atoms in total. The third kappa shape index (κ3) is 4.53. The second kappa shape index (κ2) is 8.72. The van der Waals surface area contributed by atoms with Gasteiger partial charge in [-0.05, 0) is 43.2 Å². The number of hydrogen-bond acceptors (Lipinski definition) is 4. The van der Waals surface area contributed by atoms with E-state index < -0.39 is 0 Å². The van der Waals surface area contributed by atoms with E-state index in [9.17, 15) is 4.79 Å². The number of morpholine rings is 1. The van der Waals surface area contributed by atoms with E-state index in [4.69, 9.17) is 4.74 Å². The second-order valence-electron chi connectivity index (χ2n) is 8.34. The van der Waals surface area contributed by atoms with E-state index in [0.29, 0.717) is 24.4 Å². The summed E-state index contributed by atoms with van der Waals surface area (Å²) in [5.41, 5.74) is 2.83. The van der Waals surface area contributed by atoms with E-state index in [1.807, 2.05) is 0 Å². The van der Waals surface area contributed by atoms with Crippen LogP contribution in [-0.2, 0) is 22.5 Å². The molecule has 3 aliphatic heterocycles. The largest absolute Gasteiger partial charge is 0.379 e. The second-order valence-corrected chi connectivity index (χ2v) is 8.34. The molecule has 3 heterocycles. The molecule has 5 heteroatoms. The van der Waals surface area contributed by atoms with Crippen molar-refractivity contribution in [3.05, 3.63) is 35.4 Å². The number of carbonyl (C=O) groups is 1. The summed E-state index contributed by atoms with van der Waals surface area (Å²) in [4.78, 5) is 19.8. The molecule has 1 amide bonds. The first-order valence-corrected chi connectivity index (χ1v) is 10.6. The molecule has 1 aromatic rings. The smallest absolute Gasteiger partial charge is 0.236 e. The van der Waals surface area contributed by atoms with Gasteiger partial charge in [0.1, 0.15) is 0 Å². The molecule has 1 aromatic carbocycles.